The van der Waals surface area contributed by atoms with Crippen molar-refractivity contribution in [3.8, 4) is 0 Å². The molecular formula is C15H18N2. The second-order valence-electron chi connectivity index (χ2n) is 4.41. The predicted octanol–water partition coefficient (Wildman–Crippen LogP) is 2.89. The van der Waals surface area contributed by atoms with E-state index in [1.807, 2.05) is 42.7 Å². The normalized spacial score (nSPS) is 14.2. The van der Waals surface area contributed by atoms with Crippen molar-refractivity contribution in [3.63, 3.8) is 0 Å². The van der Waals surface area contributed by atoms with Crippen molar-refractivity contribution >= 4 is 0 Å². The summed E-state index contributed by atoms with van der Waals surface area (Å²) in [5, 5.41) is 0. The van der Waals surface area contributed by atoms with Crippen LogP contribution in [-0.2, 0) is 12.0 Å². The lowest BCUT2D eigenvalue weighted by atomic mass is 9.83. The third-order valence-electron chi connectivity index (χ3n) is 3.25. The van der Waals surface area contributed by atoms with E-state index in [0.29, 0.717) is 0 Å². The molecule has 1 heterocycles. The first-order valence-corrected chi connectivity index (χ1v) is 5.98. The van der Waals surface area contributed by atoms with Crippen LogP contribution in [0.4, 0.5) is 0 Å². The van der Waals surface area contributed by atoms with Gasteiger partial charge in [0.15, 0.2) is 0 Å². The molecule has 88 valence electrons. The zero-order chi connectivity index (χ0) is 12.1. The fourth-order valence-corrected chi connectivity index (χ4v) is 2.07. The second-order valence-corrected chi connectivity index (χ2v) is 4.41. The Morgan fingerprint density at radius 1 is 1.06 bits per heavy atom. The number of nitrogens with zero attached hydrogens (tertiary/aromatic N) is 1. The van der Waals surface area contributed by atoms with E-state index in [1.165, 1.54) is 11.1 Å². The van der Waals surface area contributed by atoms with Gasteiger partial charge in [-0.3, -0.25) is 4.98 Å². The summed E-state index contributed by atoms with van der Waals surface area (Å²) in [6.07, 6.45) is 5.39. The molecule has 2 aromatic rings. The molecule has 2 heteroatoms. The quantitative estimate of drug-likeness (QED) is 0.870. The third-order valence-corrected chi connectivity index (χ3v) is 3.25. The molecule has 2 N–H and O–H groups in total. The summed E-state index contributed by atoms with van der Waals surface area (Å²) in [5.41, 5.74) is 8.66. The van der Waals surface area contributed by atoms with E-state index in [4.69, 9.17) is 5.73 Å². The van der Waals surface area contributed by atoms with Gasteiger partial charge < -0.3 is 5.73 Å². The van der Waals surface area contributed by atoms with Gasteiger partial charge >= 0.3 is 0 Å². The average Bonchev–Trinajstić information content (AvgIpc) is 2.41. The Hall–Kier alpha value is -1.67. The zero-order valence-electron chi connectivity index (χ0n) is 10.1. The molecular weight excluding hydrogens is 208 g/mol. The maximum atomic E-state index is 6.53. The van der Waals surface area contributed by atoms with Crippen molar-refractivity contribution in [2.45, 2.75) is 25.3 Å². The van der Waals surface area contributed by atoms with Crippen LogP contribution in [0.15, 0.2) is 54.9 Å². The van der Waals surface area contributed by atoms with Crippen LogP contribution in [0.2, 0.25) is 0 Å². The van der Waals surface area contributed by atoms with Crippen molar-refractivity contribution in [1.29, 1.82) is 0 Å². The van der Waals surface area contributed by atoms with Gasteiger partial charge in [-0.25, -0.2) is 0 Å². The molecule has 0 radical (unpaired) electrons. The predicted molar refractivity (Wildman–Crippen MR) is 70.5 cm³/mol. The third kappa shape index (κ3) is 2.71. The fourth-order valence-electron chi connectivity index (χ4n) is 2.07. The van der Waals surface area contributed by atoms with Crippen LogP contribution in [0.3, 0.4) is 0 Å². The highest BCUT2D eigenvalue weighted by Gasteiger charge is 2.25. The van der Waals surface area contributed by atoms with Crippen molar-refractivity contribution in [3.05, 3.63) is 66.0 Å². The molecule has 0 fully saturated rings. The Morgan fingerprint density at radius 2 is 1.71 bits per heavy atom. The summed E-state index contributed by atoms with van der Waals surface area (Å²) in [7, 11) is 0. The van der Waals surface area contributed by atoms with Gasteiger partial charge in [-0.15, -0.1) is 0 Å². The van der Waals surface area contributed by atoms with Crippen LogP contribution in [0.25, 0.3) is 0 Å². The van der Waals surface area contributed by atoms with E-state index in [1.54, 1.807) is 0 Å². The molecule has 1 atom stereocenters. The van der Waals surface area contributed by atoms with Gasteiger partial charge in [0, 0.05) is 17.9 Å². The Kier molecular flexibility index (Phi) is 3.55. The molecule has 0 bridgehead atoms. The van der Waals surface area contributed by atoms with Gasteiger partial charge in [0.05, 0.1) is 0 Å². The molecule has 2 rings (SSSR count). The summed E-state index contributed by atoms with van der Waals surface area (Å²) in [6.45, 7) is 2.13. The van der Waals surface area contributed by atoms with E-state index in [-0.39, 0.29) is 5.54 Å². The number of hydrogen-bond acceptors (Lipinski definition) is 2. The standard InChI is InChI=1S/C15H18N2/c1-2-15(16,14-6-4-3-5-7-14)12-13-8-10-17-11-9-13/h3-11H,2,12,16H2,1H3. The Morgan fingerprint density at radius 3 is 2.29 bits per heavy atom. The van der Waals surface area contributed by atoms with Crippen molar-refractivity contribution in [1.82, 2.24) is 4.98 Å². The molecule has 17 heavy (non-hydrogen) atoms. The smallest absolute Gasteiger partial charge is 0.0447 e. The summed E-state index contributed by atoms with van der Waals surface area (Å²) >= 11 is 0. The van der Waals surface area contributed by atoms with Gasteiger partial charge in [0.25, 0.3) is 0 Å². The SMILES string of the molecule is CCC(N)(Cc1ccncc1)c1ccccc1. The largest absolute Gasteiger partial charge is 0.321 e. The summed E-state index contributed by atoms with van der Waals surface area (Å²) < 4.78 is 0. The van der Waals surface area contributed by atoms with Crippen molar-refractivity contribution < 1.29 is 0 Å². The minimum Gasteiger partial charge on any atom is -0.321 e. The van der Waals surface area contributed by atoms with E-state index in [0.717, 1.165) is 12.8 Å². The molecule has 0 aliphatic heterocycles. The lowest BCUT2D eigenvalue weighted by molar-refractivity contribution is 0.425. The van der Waals surface area contributed by atoms with Crippen LogP contribution >= 0.6 is 0 Å². The van der Waals surface area contributed by atoms with Crippen molar-refractivity contribution in [2.75, 3.05) is 0 Å². The molecule has 1 unspecified atom stereocenters. The summed E-state index contributed by atoms with van der Waals surface area (Å²) in [5.74, 6) is 0. The summed E-state index contributed by atoms with van der Waals surface area (Å²) in [6, 6.07) is 14.4. The molecule has 2 nitrogen and oxygen atoms in total. The van der Waals surface area contributed by atoms with Crippen LogP contribution in [0, 0.1) is 0 Å². The van der Waals surface area contributed by atoms with Crippen LogP contribution in [0.5, 0.6) is 0 Å². The van der Waals surface area contributed by atoms with Crippen LogP contribution < -0.4 is 5.73 Å². The lowest BCUT2D eigenvalue weighted by Crippen LogP contribution is -2.38. The van der Waals surface area contributed by atoms with Gasteiger partial charge in [-0.2, -0.15) is 0 Å². The molecule has 0 saturated carbocycles. The number of rotatable bonds is 4. The number of pyridine rings is 1. The number of nitrogens with two attached hydrogens (primary N) is 1. The van der Waals surface area contributed by atoms with E-state index >= 15 is 0 Å². The Labute approximate surface area is 103 Å². The Balaban J connectivity index is 2.27. The highest BCUT2D eigenvalue weighted by molar-refractivity contribution is 5.27. The zero-order valence-corrected chi connectivity index (χ0v) is 10.1. The van der Waals surface area contributed by atoms with Gasteiger partial charge in [0.1, 0.15) is 0 Å². The first-order valence-electron chi connectivity index (χ1n) is 5.98. The average molecular weight is 226 g/mol. The maximum absolute atomic E-state index is 6.53. The van der Waals surface area contributed by atoms with E-state index in [9.17, 15) is 0 Å². The second kappa shape index (κ2) is 5.11. The minimum atomic E-state index is -0.289. The maximum Gasteiger partial charge on any atom is 0.0447 e. The molecule has 0 spiro atoms. The molecule has 1 aromatic carbocycles. The van der Waals surface area contributed by atoms with E-state index < -0.39 is 0 Å². The van der Waals surface area contributed by atoms with Crippen LogP contribution in [-0.4, -0.2) is 4.98 Å². The van der Waals surface area contributed by atoms with Crippen LogP contribution in [0.1, 0.15) is 24.5 Å². The lowest BCUT2D eigenvalue weighted by Gasteiger charge is -2.29. The summed E-state index contributed by atoms with van der Waals surface area (Å²) in [4.78, 5) is 4.03. The first kappa shape index (κ1) is 11.8. The van der Waals surface area contributed by atoms with Gasteiger partial charge in [0.2, 0.25) is 0 Å². The van der Waals surface area contributed by atoms with Gasteiger partial charge in [-0.05, 0) is 36.1 Å². The highest BCUT2D eigenvalue weighted by Crippen LogP contribution is 2.26. The van der Waals surface area contributed by atoms with Gasteiger partial charge in [-0.1, -0.05) is 37.3 Å². The highest BCUT2D eigenvalue weighted by atomic mass is 14.7. The first-order chi connectivity index (χ1) is 8.24. The number of hydrogen-bond donors (Lipinski definition) is 1. The molecule has 0 saturated heterocycles. The molecule has 0 aliphatic rings. The molecule has 1 aromatic heterocycles. The number of aromatic nitrogens is 1. The topological polar surface area (TPSA) is 38.9 Å². The minimum absolute atomic E-state index is 0.289. The molecule has 0 amide bonds. The molecule has 0 aliphatic carbocycles. The monoisotopic (exact) mass is 226 g/mol. The Bertz CT molecular complexity index is 453. The van der Waals surface area contributed by atoms with E-state index in [2.05, 4.69) is 24.0 Å². The number of benzene rings is 1. The fraction of sp³-hybridized carbons (Fsp3) is 0.267. The van der Waals surface area contributed by atoms with Crippen molar-refractivity contribution in [2.24, 2.45) is 5.73 Å².